The minimum atomic E-state index is 0.129. The fourth-order valence-corrected chi connectivity index (χ4v) is 3.21. The minimum absolute atomic E-state index is 0.129. The van der Waals surface area contributed by atoms with Gasteiger partial charge in [-0.3, -0.25) is 9.78 Å². The van der Waals surface area contributed by atoms with Gasteiger partial charge in [0.15, 0.2) is 5.78 Å². The van der Waals surface area contributed by atoms with Crippen LogP contribution in [0.15, 0.2) is 42.5 Å². The van der Waals surface area contributed by atoms with Crippen molar-refractivity contribution in [2.24, 2.45) is 5.92 Å². The van der Waals surface area contributed by atoms with Crippen molar-refractivity contribution in [3.05, 3.63) is 65.0 Å². The number of carbonyl (C=O) groups is 1. The Bertz CT molecular complexity index is 648. The Morgan fingerprint density at radius 3 is 2.62 bits per heavy atom. The van der Waals surface area contributed by atoms with Crippen LogP contribution < -0.4 is 0 Å². The predicted molar refractivity (Wildman–Crippen MR) is 84.6 cm³/mol. The van der Waals surface area contributed by atoms with E-state index < -0.39 is 0 Å². The molecule has 2 heteroatoms. The minimum Gasteiger partial charge on any atom is -0.294 e. The summed E-state index contributed by atoms with van der Waals surface area (Å²) in [5.41, 5.74) is 4.18. The van der Waals surface area contributed by atoms with Crippen LogP contribution in [0.5, 0.6) is 0 Å². The first-order valence-electron chi connectivity index (χ1n) is 7.77. The van der Waals surface area contributed by atoms with Crippen LogP contribution in [0.3, 0.4) is 0 Å². The molecule has 1 aromatic heterocycles. The molecule has 1 aromatic carbocycles. The lowest BCUT2D eigenvalue weighted by molar-refractivity contribution is 0.0902. The average molecular weight is 279 g/mol. The zero-order chi connectivity index (χ0) is 14.8. The lowest BCUT2D eigenvalue weighted by Crippen LogP contribution is -2.25. The first-order valence-corrected chi connectivity index (χ1v) is 7.77. The fourth-order valence-electron chi connectivity index (χ4n) is 3.21. The molecule has 21 heavy (non-hydrogen) atoms. The highest BCUT2D eigenvalue weighted by atomic mass is 16.1. The second kappa shape index (κ2) is 5.80. The number of carbonyl (C=O) groups excluding carboxylic acids is 1. The van der Waals surface area contributed by atoms with Gasteiger partial charge in [0.1, 0.15) is 0 Å². The van der Waals surface area contributed by atoms with E-state index in [4.69, 9.17) is 4.98 Å². The average Bonchev–Trinajstić information content (AvgIpc) is 2.52. The summed E-state index contributed by atoms with van der Waals surface area (Å²) >= 11 is 0. The number of hydrogen-bond acceptors (Lipinski definition) is 2. The van der Waals surface area contributed by atoms with E-state index in [9.17, 15) is 4.79 Å². The summed E-state index contributed by atoms with van der Waals surface area (Å²) < 4.78 is 0. The second-order valence-corrected chi connectivity index (χ2v) is 6.00. The van der Waals surface area contributed by atoms with Crippen molar-refractivity contribution in [3.8, 4) is 0 Å². The zero-order valence-electron chi connectivity index (χ0n) is 12.7. The smallest absolute Gasteiger partial charge is 0.167 e. The van der Waals surface area contributed by atoms with Crippen molar-refractivity contribution < 1.29 is 4.79 Å². The van der Waals surface area contributed by atoms with Gasteiger partial charge in [0.05, 0.1) is 5.69 Å². The van der Waals surface area contributed by atoms with E-state index in [1.54, 1.807) is 0 Å². The summed E-state index contributed by atoms with van der Waals surface area (Å²) in [6.07, 6.45) is 2.81. The topological polar surface area (TPSA) is 30.0 Å². The number of fused-ring (bicyclic) bond motifs is 1. The molecule has 108 valence electrons. The van der Waals surface area contributed by atoms with Crippen molar-refractivity contribution in [1.29, 1.82) is 0 Å². The van der Waals surface area contributed by atoms with Crippen LogP contribution in [0.25, 0.3) is 0 Å². The highest BCUT2D eigenvalue weighted by Crippen LogP contribution is 2.35. The number of pyridine rings is 1. The van der Waals surface area contributed by atoms with E-state index in [1.165, 1.54) is 5.56 Å². The maximum absolute atomic E-state index is 12.3. The van der Waals surface area contributed by atoms with Crippen molar-refractivity contribution in [1.82, 2.24) is 4.98 Å². The van der Waals surface area contributed by atoms with Crippen LogP contribution in [0.1, 0.15) is 59.9 Å². The first kappa shape index (κ1) is 14.0. The maximum atomic E-state index is 12.3. The van der Waals surface area contributed by atoms with E-state index in [1.807, 2.05) is 37.3 Å². The molecule has 0 amide bonds. The van der Waals surface area contributed by atoms with Gasteiger partial charge in [0.2, 0.25) is 0 Å². The number of rotatable bonds is 3. The number of aromatic nitrogens is 1. The molecule has 0 fully saturated rings. The Balaban J connectivity index is 1.95. The Morgan fingerprint density at radius 2 is 1.90 bits per heavy atom. The molecule has 2 aromatic rings. The third kappa shape index (κ3) is 2.76. The molecule has 2 unspecified atom stereocenters. The van der Waals surface area contributed by atoms with Crippen molar-refractivity contribution in [2.75, 3.05) is 0 Å². The SMILES string of the molecule is CCC1CC(C)C(=O)c2ccc(Cc3ccccc3)nc21. The van der Waals surface area contributed by atoms with Gasteiger partial charge in [-0.15, -0.1) is 0 Å². The lowest BCUT2D eigenvalue weighted by atomic mass is 9.78. The Labute approximate surface area is 126 Å². The molecule has 0 aliphatic heterocycles. The van der Waals surface area contributed by atoms with Gasteiger partial charge in [-0.2, -0.15) is 0 Å². The van der Waals surface area contributed by atoms with Gasteiger partial charge in [-0.25, -0.2) is 0 Å². The van der Waals surface area contributed by atoms with E-state index in [0.717, 1.165) is 36.2 Å². The number of hydrogen-bond donors (Lipinski definition) is 0. The molecule has 0 radical (unpaired) electrons. The number of nitrogens with zero attached hydrogens (tertiary/aromatic N) is 1. The van der Waals surface area contributed by atoms with Gasteiger partial charge in [0, 0.05) is 29.5 Å². The lowest BCUT2D eigenvalue weighted by Gasteiger charge is -2.27. The third-order valence-corrected chi connectivity index (χ3v) is 4.44. The van der Waals surface area contributed by atoms with Crippen molar-refractivity contribution in [2.45, 2.75) is 39.0 Å². The van der Waals surface area contributed by atoms with Gasteiger partial charge < -0.3 is 0 Å². The number of ketones is 1. The summed E-state index contributed by atoms with van der Waals surface area (Å²) in [7, 11) is 0. The quantitative estimate of drug-likeness (QED) is 0.834. The molecule has 1 heterocycles. The van der Waals surface area contributed by atoms with Gasteiger partial charge in [-0.05, 0) is 30.5 Å². The summed E-state index contributed by atoms with van der Waals surface area (Å²) in [6.45, 7) is 4.22. The molecule has 0 bridgehead atoms. The summed E-state index contributed by atoms with van der Waals surface area (Å²) in [6, 6.07) is 14.4. The normalized spacial score (nSPS) is 21.1. The molecular weight excluding hydrogens is 258 g/mol. The molecule has 2 nitrogen and oxygen atoms in total. The van der Waals surface area contributed by atoms with E-state index in [0.29, 0.717) is 5.92 Å². The summed E-state index contributed by atoms with van der Waals surface area (Å²) in [5.74, 6) is 0.807. The first-order chi connectivity index (χ1) is 10.2. The molecule has 0 saturated carbocycles. The van der Waals surface area contributed by atoms with Crippen molar-refractivity contribution >= 4 is 5.78 Å². The fraction of sp³-hybridized carbons (Fsp3) is 0.368. The van der Waals surface area contributed by atoms with Gasteiger partial charge in [0.25, 0.3) is 0 Å². The Morgan fingerprint density at radius 1 is 1.14 bits per heavy atom. The van der Waals surface area contributed by atoms with Crippen LogP contribution in [0.4, 0.5) is 0 Å². The predicted octanol–water partition coefficient (Wildman–Crippen LogP) is 4.39. The highest BCUT2D eigenvalue weighted by Gasteiger charge is 2.31. The van der Waals surface area contributed by atoms with E-state index >= 15 is 0 Å². The van der Waals surface area contributed by atoms with E-state index in [2.05, 4.69) is 19.1 Å². The van der Waals surface area contributed by atoms with Crippen LogP contribution in [0.2, 0.25) is 0 Å². The zero-order valence-corrected chi connectivity index (χ0v) is 12.7. The molecular formula is C19H21NO. The molecule has 0 spiro atoms. The summed E-state index contributed by atoms with van der Waals surface area (Å²) in [4.78, 5) is 17.1. The van der Waals surface area contributed by atoms with Crippen LogP contribution >= 0.6 is 0 Å². The Hall–Kier alpha value is -1.96. The molecule has 0 saturated heterocycles. The van der Waals surface area contributed by atoms with Crippen LogP contribution in [-0.2, 0) is 6.42 Å². The number of Topliss-reactive ketones (excluding diaryl/α,β-unsaturated/α-hetero) is 1. The monoisotopic (exact) mass is 279 g/mol. The largest absolute Gasteiger partial charge is 0.294 e. The van der Waals surface area contributed by atoms with Crippen molar-refractivity contribution in [3.63, 3.8) is 0 Å². The van der Waals surface area contributed by atoms with Crippen LogP contribution in [0, 0.1) is 5.92 Å². The Kier molecular flexibility index (Phi) is 3.87. The van der Waals surface area contributed by atoms with Crippen LogP contribution in [-0.4, -0.2) is 10.8 Å². The molecule has 1 aliphatic carbocycles. The molecule has 3 rings (SSSR count). The number of benzene rings is 1. The molecule has 2 atom stereocenters. The molecule has 0 N–H and O–H groups in total. The van der Waals surface area contributed by atoms with E-state index in [-0.39, 0.29) is 11.7 Å². The van der Waals surface area contributed by atoms with Gasteiger partial charge in [-0.1, -0.05) is 44.2 Å². The maximum Gasteiger partial charge on any atom is 0.167 e. The third-order valence-electron chi connectivity index (χ3n) is 4.44. The standard InChI is InChI=1S/C19H21NO/c1-3-15-11-13(2)19(21)17-10-9-16(20-18(15)17)12-14-7-5-4-6-8-14/h4-10,13,15H,3,11-12H2,1-2H3. The van der Waals surface area contributed by atoms with Gasteiger partial charge >= 0.3 is 0 Å². The highest BCUT2D eigenvalue weighted by molar-refractivity contribution is 5.99. The second-order valence-electron chi connectivity index (χ2n) is 6.00. The summed E-state index contributed by atoms with van der Waals surface area (Å²) in [5, 5.41) is 0. The molecule has 1 aliphatic rings.